The lowest BCUT2D eigenvalue weighted by molar-refractivity contribution is 0.0952. The van der Waals surface area contributed by atoms with Gasteiger partial charge in [0.1, 0.15) is 0 Å². The Morgan fingerprint density at radius 2 is 2.00 bits per heavy atom. The molecule has 0 aliphatic heterocycles. The van der Waals surface area contributed by atoms with Gasteiger partial charge in [0.05, 0.1) is 16.6 Å². The van der Waals surface area contributed by atoms with Crippen LogP contribution in [-0.2, 0) is 5.54 Å². The van der Waals surface area contributed by atoms with Gasteiger partial charge < -0.3 is 9.84 Å². The number of hydrogen-bond donors (Lipinski definition) is 1. The normalized spacial score (nSPS) is 12.8. The zero-order chi connectivity index (χ0) is 23.0. The molecule has 4 rings (SSSR count). The summed E-state index contributed by atoms with van der Waals surface area (Å²) in [6, 6.07) is 9.07. The fourth-order valence-electron chi connectivity index (χ4n) is 3.25. The lowest BCUT2D eigenvalue weighted by atomic mass is 10.1. The Labute approximate surface area is 191 Å². The molecule has 3 aromatic heterocycles. The van der Waals surface area contributed by atoms with E-state index in [1.54, 1.807) is 12.1 Å². The van der Waals surface area contributed by atoms with Crippen LogP contribution in [0.2, 0.25) is 5.02 Å². The van der Waals surface area contributed by atoms with Gasteiger partial charge in [0.25, 0.3) is 11.8 Å². The second-order valence-electron chi connectivity index (χ2n) is 8.86. The molecule has 4 aromatic rings. The monoisotopic (exact) mass is 452 g/mol. The van der Waals surface area contributed by atoms with Crippen LogP contribution < -0.4 is 5.32 Å². The lowest BCUT2D eigenvalue weighted by Gasteiger charge is -2.18. The van der Waals surface area contributed by atoms with Crippen LogP contribution in [0.5, 0.6) is 0 Å². The summed E-state index contributed by atoms with van der Waals surface area (Å²) in [6.45, 7) is 10.3. The van der Waals surface area contributed by atoms with Gasteiger partial charge in [-0.2, -0.15) is 10.1 Å². The molecule has 1 amide bonds. The zero-order valence-electron chi connectivity index (χ0n) is 18.7. The van der Waals surface area contributed by atoms with Crippen molar-refractivity contribution in [2.24, 2.45) is 0 Å². The molecule has 0 radical (unpaired) electrons. The Morgan fingerprint density at radius 3 is 2.72 bits per heavy atom. The Kier molecular flexibility index (Phi) is 5.73. The quantitative estimate of drug-likeness (QED) is 0.470. The molecule has 0 saturated heterocycles. The number of benzene rings is 1. The van der Waals surface area contributed by atoms with Crippen molar-refractivity contribution in [3.8, 4) is 11.6 Å². The van der Waals surface area contributed by atoms with Crippen LogP contribution in [0, 0.1) is 6.92 Å². The number of fused-ring (bicyclic) bond motifs is 1. The fraction of sp³-hybridized carbons (Fsp3) is 0.348. The van der Waals surface area contributed by atoms with E-state index in [1.807, 2.05) is 42.9 Å². The third-order valence-electron chi connectivity index (χ3n) is 5.09. The number of nitrogens with one attached hydrogen (secondary N) is 1. The van der Waals surface area contributed by atoms with Crippen molar-refractivity contribution in [1.29, 1.82) is 0 Å². The second kappa shape index (κ2) is 8.35. The highest BCUT2D eigenvalue weighted by molar-refractivity contribution is 6.32. The van der Waals surface area contributed by atoms with E-state index in [1.165, 1.54) is 0 Å². The summed E-state index contributed by atoms with van der Waals surface area (Å²) in [4.78, 5) is 21.9. The van der Waals surface area contributed by atoms with Crippen LogP contribution in [-0.4, -0.2) is 37.4 Å². The van der Waals surface area contributed by atoms with Crippen LogP contribution in [0.3, 0.4) is 0 Å². The van der Waals surface area contributed by atoms with Gasteiger partial charge in [0.15, 0.2) is 11.5 Å². The lowest BCUT2D eigenvalue weighted by Crippen LogP contribution is -2.28. The number of carbonyl (C=O) groups excluding carboxylic acids is 1. The van der Waals surface area contributed by atoms with E-state index in [9.17, 15) is 4.79 Å². The summed E-state index contributed by atoms with van der Waals surface area (Å²) in [5, 5.41) is 12.8. The largest absolute Gasteiger partial charge is 0.351 e. The van der Waals surface area contributed by atoms with Crippen LogP contribution in [0.4, 0.5) is 0 Å². The minimum Gasteiger partial charge on any atom is -0.351 e. The SMILES string of the molecule is Cc1ccc2cc(Cl)cc(C(=O)NCC(C)c3noc(-c4ccn(C(C)(C)C)n4)n3)c2n1. The molecule has 0 bridgehead atoms. The van der Waals surface area contributed by atoms with Gasteiger partial charge in [-0.1, -0.05) is 29.7 Å². The first-order chi connectivity index (χ1) is 15.1. The molecular formula is C23H25ClN6O2. The molecule has 1 unspecified atom stereocenters. The van der Waals surface area contributed by atoms with Gasteiger partial charge in [-0.3, -0.25) is 14.5 Å². The van der Waals surface area contributed by atoms with E-state index in [4.69, 9.17) is 16.1 Å². The molecule has 1 aromatic carbocycles. The van der Waals surface area contributed by atoms with Crippen molar-refractivity contribution < 1.29 is 9.32 Å². The van der Waals surface area contributed by atoms with Crippen molar-refractivity contribution in [2.45, 2.75) is 46.1 Å². The summed E-state index contributed by atoms with van der Waals surface area (Å²) in [7, 11) is 0. The Morgan fingerprint density at radius 1 is 1.22 bits per heavy atom. The zero-order valence-corrected chi connectivity index (χ0v) is 19.4. The Hall–Kier alpha value is -3.26. The number of pyridine rings is 1. The third kappa shape index (κ3) is 4.50. The van der Waals surface area contributed by atoms with E-state index in [2.05, 4.69) is 46.3 Å². The standard InChI is InChI=1S/C23H25ClN6O2/c1-13(20-27-22(32-29-20)18-8-9-30(28-18)23(3,4)5)12-25-21(31)17-11-16(24)10-15-7-6-14(2)26-19(15)17/h6-11,13H,12H2,1-5H3,(H,25,31). The predicted octanol–water partition coefficient (Wildman–Crippen LogP) is 4.73. The second-order valence-corrected chi connectivity index (χ2v) is 9.30. The number of hydrogen-bond acceptors (Lipinski definition) is 6. The third-order valence-corrected chi connectivity index (χ3v) is 5.31. The molecule has 0 fully saturated rings. The molecule has 9 heteroatoms. The molecule has 8 nitrogen and oxygen atoms in total. The van der Waals surface area contributed by atoms with Gasteiger partial charge in [-0.15, -0.1) is 0 Å². The number of aryl methyl sites for hydroxylation is 1. The summed E-state index contributed by atoms with van der Waals surface area (Å²) < 4.78 is 7.25. The number of halogens is 1. The number of carbonyl (C=O) groups is 1. The maximum Gasteiger partial charge on any atom is 0.278 e. The van der Waals surface area contributed by atoms with E-state index in [0.29, 0.717) is 40.1 Å². The maximum absolute atomic E-state index is 12.9. The van der Waals surface area contributed by atoms with Crippen LogP contribution in [0.15, 0.2) is 41.1 Å². The summed E-state index contributed by atoms with van der Waals surface area (Å²) in [5.74, 6) is 0.425. The first kappa shape index (κ1) is 22.0. The van der Waals surface area contributed by atoms with Gasteiger partial charge in [0, 0.05) is 34.8 Å². The fourth-order valence-corrected chi connectivity index (χ4v) is 3.48. The summed E-state index contributed by atoms with van der Waals surface area (Å²) in [6.07, 6.45) is 1.88. The first-order valence-corrected chi connectivity index (χ1v) is 10.7. The minimum atomic E-state index is -0.255. The highest BCUT2D eigenvalue weighted by Crippen LogP contribution is 2.24. The van der Waals surface area contributed by atoms with Crippen LogP contribution in [0.1, 0.15) is 55.5 Å². The average Bonchev–Trinajstić information content (AvgIpc) is 3.40. The van der Waals surface area contributed by atoms with Gasteiger partial charge in [-0.25, -0.2) is 0 Å². The van der Waals surface area contributed by atoms with Crippen molar-refractivity contribution in [3.05, 3.63) is 58.6 Å². The average molecular weight is 453 g/mol. The Bertz CT molecular complexity index is 1290. The van der Waals surface area contributed by atoms with E-state index >= 15 is 0 Å². The first-order valence-electron chi connectivity index (χ1n) is 10.4. The molecule has 1 atom stereocenters. The highest BCUT2D eigenvalue weighted by atomic mass is 35.5. The smallest absolute Gasteiger partial charge is 0.278 e. The van der Waals surface area contributed by atoms with Crippen molar-refractivity contribution in [3.63, 3.8) is 0 Å². The minimum absolute atomic E-state index is 0.142. The maximum atomic E-state index is 12.9. The summed E-state index contributed by atoms with van der Waals surface area (Å²) >= 11 is 6.21. The molecule has 0 aliphatic rings. The molecule has 3 heterocycles. The summed E-state index contributed by atoms with van der Waals surface area (Å²) in [5.41, 5.74) is 2.36. The van der Waals surface area contributed by atoms with Gasteiger partial charge in [0.2, 0.25) is 0 Å². The number of nitrogens with zero attached hydrogens (tertiary/aromatic N) is 5. The van der Waals surface area contributed by atoms with Crippen molar-refractivity contribution in [1.82, 2.24) is 30.2 Å². The molecule has 32 heavy (non-hydrogen) atoms. The number of aromatic nitrogens is 5. The van der Waals surface area contributed by atoms with Crippen LogP contribution >= 0.6 is 11.6 Å². The van der Waals surface area contributed by atoms with E-state index < -0.39 is 0 Å². The van der Waals surface area contributed by atoms with Gasteiger partial charge >= 0.3 is 0 Å². The molecule has 1 N–H and O–H groups in total. The molecule has 0 saturated carbocycles. The number of rotatable bonds is 5. The molecule has 0 spiro atoms. The van der Waals surface area contributed by atoms with E-state index in [-0.39, 0.29) is 17.4 Å². The highest BCUT2D eigenvalue weighted by Gasteiger charge is 2.21. The molecular weight excluding hydrogens is 428 g/mol. The van der Waals surface area contributed by atoms with E-state index in [0.717, 1.165) is 11.1 Å². The Balaban J connectivity index is 1.47. The van der Waals surface area contributed by atoms with Gasteiger partial charge in [-0.05, 0) is 52.0 Å². The molecule has 0 aliphatic carbocycles. The van der Waals surface area contributed by atoms with Crippen molar-refractivity contribution >= 4 is 28.4 Å². The predicted molar refractivity (Wildman–Crippen MR) is 123 cm³/mol. The number of amides is 1. The van der Waals surface area contributed by atoms with Crippen LogP contribution in [0.25, 0.3) is 22.5 Å². The topological polar surface area (TPSA) is 98.7 Å². The molecule has 166 valence electrons. The van der Waals surface area contributed by atoms with Crippen molar-refractivity contribution in [2.75, 3.05) is 6.54 Å².